The monoisotopic (exact) mass is 396 g/mol. The van der Waals surface area contributed by atoms with Crippen molar-refractivity contribution in [3.05, 3.63) is 65.2 Å². The van der Waals surface area contributed by atoms with Crippen LogP contribution in [0.1, 0.15) is 28.4 Å². The molecule has 2 rings (SSSR count). The second kappa shape index (κ2) is 11.7. The van der Waals surface area contributed by atoms with Gasteiger partial charge in [0.25, 0.3) is 5.91 Å². The predicted molar refractivity (Wildman–Crippen MR) is 119 cm³/mol. The molecule has 2 N–H and O–H groups in total. The maximum absolute atomic E-state index is 12.1. The van der Waals surface area contributed by atoms with E-state index in [1.807, 2.05) is 55.5 Å². The van der Waals surface area contributed by atoms with E-state index in [-0.39, 0.29) is 5.91 Å². The molecular formula is C23H32N4O2. The first kappa shape index (κ1) is 22.3. The zero-order valence-corrected chi connectivity index (χ0v) is 17.9. The summed E-state index contributed by atoms with van der Waals surface area (Å²) in [5.41, 5.74) is 3.02. The second-order valence-corrected chi connectivity index (χ2v) is 7.00. The van der Waals surface area contributed by atoms with Crippen molar-refractivity contribution in [2.45, 2.75) is 20.3 Å². The van der Waals surface area contributed by atoms with Gasteiger partial charge in [0.15, 0.2) is 5.96 Å². The van der Waals surface area contributed by atoms with Gasteiger partial charge in [0.2, 0.25) is 0 Å². The number of aliphatic imine (C=N–C) groups is 1. The van der Waals surface area contributed by atoms with Gasteiger partial charge in [0.1, 0.15) is 12.4 Å². The minimum Gasteiger partial charge on any atom is -0.492 e. The lowest BCUT2D eigenvalue weighted by Gasteiger charge is -2.13. The summed E-state index contributed by atoms with van der Waals surface area (Å²) in [6, 6.07) is 15.8. The van der Waals surface area contributed by atoms with Crippen LogP contribution >= 0.6 is 0 Å². The lowest BCUT2D eigenvalue weighted by Crippen LogP contribution is -2.39. The third kappa shape index (κ3) is 7.86. The summed E-state index contributed by atoms with van der Waals surface area (Å²) in [6.07, 6.45) is 0.769. The number of aryl methyl sites for hydroxylation is 1. The Morgan fingerprint density at radius 3 is 2.55 bits per heavy atom. The molecule has 0 fully saturated rings. The van der Waals surface area contributed by atoms with Crippen molar-refractivity contribution >= 4 is 11.9 Å². The number of hydrogen-bond acceptors (Lipinski definition) is 3. The van der Waals surface area contributed by atoms with Crippen LogP contribution in [0, 0.1) is 6.92 Å². The van der Waals surface area contributed by atoms with Crippen LogP contribution in [0.5, 0.6) is 5.75 Å². The number of carbonyl (C=O) groups excluding carboxylic acids is 1. The Morgan fingerprint density at radius 1 is 1.10 bits per heavy atom. The first-order valence-electron chi connectivity index (χ1n) is 10.0. The van der Waals surface area contributed by atoms with E-state index in [0.29, 0.717) is 25.3 Å². The lowest BCUT2D eigenvalue weighted by atomic mass is 10.1. The number of nitrogens with one attached hydrogen (secondary N) is 2. The van der Waals surface area contributed by atoms with E-state index in [4.69, 9.17) is 4.74 Å². The molecule has 0 aromatic heterocycles. The third-order valence-electron chi connectivity index (χ3n) is 4.28. The number of hydrogen-bond donors (Lipinski definition) is 2. The van der Waals surface area contributed by atoms with E-state index in [2.05, 4.69) is 22.5 Å². The van der Waals surface area contributed by atoms with E-state index >= 15 is 0 Å². The van der Waals surface area contributed by atoms with E-state index in [9.17, 15) is 4.79 Å². The smallest absolute Gasteiger partial charge is 0.253 e. The SMILES string of the molecule is CCNC(=NCCc1cccc(C(=O)N(C)C)c1)NCCOc1ccc(C)cc1. The van der Waals surface area contributed by atoms with Crippen LogP contribution in [0.4, 0.5) is 0 Å². The lowest BCUT2D eigenvalue weighted by molar-refractivity contribution is 0.0827. The van der Waals surface area contributed by atoms with E-state index < -0.39 is 0 Å². The fraction of sp³-hybridized carbons (Fsp3) is 0.391. The highest BCUT2D eigenvalue weighted by Gasteiger charge is 2.08. The van der Waals surface area contributed by atoms with E-state index in [0.717, 1.165) is 30.2 Å². The average molecular weight is 397 g/mol. The summed E-state index contributed by atoms with van der Waals surface area (Å²) in [6.45, 7) is 6.73. The molecule has 29 heavy (non-hydrogen) atoms. The van der Waals surface area contributed by atoms with Crippen molar-refractivity contribution in [1.82, 2.24) is 15.5 Å². The molecule has 2 aromatic carbocycles. The minimum atomic E-state index is 0.0129. The number of ether oxygens (including phenoxy) is 1. The number of carbonyl (C=O) groups is 1. The zero-order valence-electron chi connectivity index (χ0n) is 17.9. The molecule has 6 heteroatoms. The molecular weight excluding hydrogens is 364 g/mol. The summed E-state index contributed by atoms with van der Waals surface area (Å²) in [5.74, 6) is 1.64. The van der Waals surface area contributed by atoms with Crippen LogP contribution in [0.15, 0.2) is 53.5 Å². The Balaban J connectivity index is 1.81. The van der Waals surface area contributed by atoms with Gasteiger partial charge >= 0.3 is 0 Å². The van der Waals surface area contributed by atoms with Gasteiger partial charge in [-0.25, -0.2) is 0 Å². The molecule has 0 unspecified atom stereocenters. The highest BCUT2D eigenvalue weighted by atomic mass is 16.5. The minimum absolute atomic E-state index is 0.0129. The Hall–Kier alpha value is -3.02. The van der Waals surface area contributed by atoms with Crippen molar-refractivity contribution in [3.8, 4) is 5.75 Å². The van der Waals surface area contributed by atoms with Crippen LogP contribution in [-0.2, 0) is 6.42 Å². The molecule has 0 aliphatic carbocycles. The molecule has 0 radical (unpaired) electrons. The summed E-state index contributed by atoms with van der Waals surface area (Å²) >= 11 is 0. The molecule has 0 spiro atoms. The predicted octanol–water partition coefficient (Wildman–Crippen LogP) is 2.87. The molecule has 0 aliphatic rings. The Bertz CT molecular complexity index is 801. The van der Waals surface area contributed by atoms with Crippen LogP contribution in [0.2, 0.25) is 0 Å². The number of benzene rings is 2. The molecule has 0 atom stereocenters. The molecule has 1 amide bonds. The molecule has 156 valence electrons. The Kier molecular flexibility index (Phi) is 9.02. The largest absolute Gasteiger partial charge is 0.492 e. The first-order chi connectivity index (χ1) is 14.0. The fourth-order valence-corrected chi connectivity index (χ4v) is 2.73. The Labute approximate surface area is 174 Å². The van der Waals surface area contributed by atoms with Gasteiger partial charge in [-0.2, -0.15) is 0 Å². The number of amides is 1. The van der Waals surface area contributed by atoms with Gasteiger partial charge in [-0.15, -0.1) is 0 Å². The number of rotatable bonds is 9. The molecule has 2 aromatic rings. The van der Waals surface area contributed by atoms with Gasteiger partial charge in [0, 0.05) is 32.7 Å². The highest BCUT2D eigenvalue weighted by Crippen LogP contribution is 2.11. The quantitative estimate of drug-likeness (QED) is 0.389. The van der Waals surface area contributed by atoms with E-state index in [1.165, 1.54) is 5.56 Å². The van der Waals surface area contributed by atoms with Crippen LogP contribution in [-0.4, -0.2) is 57.1 Å². The second-order valence-electron chi connectivity index (χ2n) is 7.00. The standard InChI is InChI=1S/C23H32N4O2/c1-5-24-23(26-15-16-29-21-11-9-18(2)10-12-21)25-14-13-19-7-6-8-20(17-19)22(28)27(3)4/h6-12,17H,5,13-16H2,1-4H3,(H2,24,25,26). The number of guanidine groups is 1. The van der Waals surface area contributed by atoms with Crippen LogP contribution in [0.25, 0.3) is 0 Å². The highest BCUT2D eigenvalue weighted by molar-refractivity contribution is 5.94. The third-order valence-corrected chi connectivity index (χ3v) is 4.28. The van der Waals surface area contributed by atoms with Crippen molar-refractivity contribution in [2.75, 3.05) is 40.3 Å². The topological polar surface area (TPSA) is 66.0 Å². The van der Waals surface area contributed by atoms with Crippen molar-refractivity contribution in [2.24, 2.45) is 4.99 Å². The maximum atomic E-state index is 12.1. The fourth-order valence-electron chi connectivity index (χ4n) is 2.73. The molecule has 0 bridgehead atoms. The Morgan fingerprint density at radius 2 is 1.86 bits per heavy atom. The zero-order chi connectivity index (χ0) is 21.1. The summed E-state index contributed by atoms with van der Waals surface area (Å²) < 4.78 is 5.74. The van der Waals surface area contributed by atoms with Crippen molar-refractivity contribution in [3.63, 3.8) is 0 Å². The van der Waals surface area contributed by atoms with Gasteiger partial charge < -0.3 is 20.3 Å². The average Bonchev–Trinajstić information content (AvgIpc) is 2.72. The molecule has 0 aliphatic heterocycles. The van der Waals surface area contributed by atoms with Gasteiger partial charge in [-0.1, -0.05) is 29.8 Å². The van der Waals surface area contributed by atoms with Gasteiger partial charge in [0.05, 0.1) is 6.54 Å². The van der Waals surface area contributed by atoms with E-state index in [1.54, 1.807) is 19.0 Å². The van der Waals surface area contributed by atoms with Crippen LogP contribution < -0.4 is 15.4 Å². The molecule has 0 heterocycles. The molecule has 6 nitrogen and oxygen atoms in total. The normalized spacial score (nSPS) is 11.1. The summed E-state index contributed by atoms with van der Waals surface area (Å²) in [4.78, 5) is 18.3. The maximum Gasteiger partial charge on any atom is 0.253 e. The first-order valence-corrected chi connectivity index (χ1v) is 10.0. The summed E-state index contributed by atoms with van der Waals surface area (Å²) in [5, 5.41) is 6.53. The van der Waals surface area contributed by atoms with Crippen LogP contribution in [0.3, 0.4) is 0 Å². The van der Waals surface area contributed by atoms with Crippen molar-refractivity contribution < 1.29 is 9.53 Å². The van der Waals surface area contributed by atoms with Gasteiger partial charge in [-0.05, 0) is 50.1 Å². The molecule has 0 saturated carbocycles. The summed E-state index contributed by atoms with van der Waals surface area (Å²) in [7, 11) is 3.52. The van der Waals surface area contributed by atoms with Crippen molar-refractivity contribution in [1.29, 1.82) is 0 Å². The van der Waals surface area contributed by atoms with Gasteiger partial charge in [-0.3, -0.25) is 9.79 Å². The number of nitrogens with zero attached hydrogens (tertiary/aromatic N) is 2. The molecule has 0 saturated heterocycles.